The lowest BCUT2D eigenvalue weighted by atomic mass is 10.1. The van der Waals surface area contributed by atoms with Gasteiger partial charge in [-0.3, -0.25) is 4.79 Å². The molecule has 0 unspecified atom stereocenters. The smallest absolute Gasteiger partial charge is 0.337 e. The van der Waals surface area contributed by atoms with Gasteiger partial charge in [-0.2, -0.15) is 0 Å². The van der Waals surface area contributed by atoms with Gasteiger partial charge in [0.25, 0.3) is 5.91 Å². The highest BCUT2D eigenvalue weighted by Gasteiger charge is 2.18. The van der Waals surface area contributed by atoms with Crippen LogP contribution in [0, 0.1) is 0 Å². The highest BCUT2D eigenvalue weighted by molar-refractivity contribution is 6.10. The van der Waals surface area contributed by atoms with Crippen molar-refractivity contribution in [1.82, 2.24) is 5.32 Å². The van der Waals surface area contributed by atoms with E-state index in [9.17, 15) is 9.59 Å². The molecule has 0 aromatic heterocycles. The Morgan fingerprint density at radius 1 is 1.04 bits per heavy atom. The van der Waals surface area contributed by atoms with Gasteiger partial charge >= 0.3 is 5.97 Å². The van der Waals surface area contributed by atoms with Gasteiger partial charge in [-0.05, 0) is 35.4 Å². The molecule has 0 bridgehead atoms. The quantitative estimate of drug-likeness (QED) is 0.700. The third-order valence-corrected chi connectivity index (χ3v) is 3.55. The van der Waals surface area contributed by atoms with Crippen molar-refractivity contribution in [2.24, 2.45) is 0 Å². The minimum Gasteiger partial charge on any atom is -0.465 e. The molecular weight excluding hydrogens is 290 g/mol. The van der Waals surface area contributed by atoms with Crippen molar-refractivity contribution in [3.05, 3.63) is 82.9 Å². The molecule has 0 fully saturated rings. The molecule has 0 aliphatic carbocycles. The van der Waals surface area contributed by atoms with Crippen LogP contribution in [0.4, 0.5) is 0 Å². The highest BCUT2D eigenvalue weighted by atomic mass is 16.5. The normalized spacial score (nSPS) is 15.3. The van der Waals surface area contributed by atoms with Gasteiger partial charge in [0.15, 0.2) is 0 Å². The fourth-order valence-corrected chi connectivity index (χ4v) is 2.34. The Bertz CT molecular complexity index is 802. The molecular formula is C19H15NO3. The zero-order valence-corrected chi connectivity index (χ0v) is 12.6. The molecule has 23 heavy (non-hydrogen) atoms. The van der Waals surface area contributed by atoms with Gasteiger partial charge in [-0.1, -0.05) is 42.5 Å². The molecule has 0 saturated heterocycles. The van der Waals surface area contributed by atoms with E-state index in [0.29, 0.717) is 11.1 Å². The molecule has 114 valence electrons. The van der Waals surface area contributed by atoms with Crippen LogP contribution in [0.15, 0.2) is 66.2 Å². The molecule has 2 aromatic carbocycles. The van der Waals surface area contributed by atoms with Crippen molar-refractivity contribution in [1.29, 1.82) is 0 Å². The summed E-state index contributed by atoms with van der Waals surface area (Å²) in [5.41, 5.74) is 3.65. The zero-order chi connectivity index (χ0) is 16.2. The van der Waals surface area contributed by atoms with Gasteiger partial charge in [-0.25, -0.2) is 4.79 Å². The molecule has 0 radical (unpaired) electrons. The first-order valence-electron chi connectivity index (χ1n) is 7.16. The first kappa shape index (κ1) is 14.8. The van der Waals surface area contributed by atoms with E-state index in [-0.39, 0.29) is 11.9 Å². The van der Waals surface area contributed by atoms with Crippen molar-refractivity contribution in [3.8, 4) is 0 Å². The number of nitrogens with one attached hydrogen (secondary N) is 1. The number of carbonyl (C=O) groups is 2. The Labute approximate surface area is 134 Å². The second-order valence-electron chi connectivity index (χ2n) is 5.09. The van der Waals surface area contributed by atoms with E-state index in [1.807, 2.05) is 36.4 Å². The number of methoxy groups -OCH3 is 1. The minimum absolute atomic E-state index is 0.138. The molecule has 4 nitrogen and oxygen atoms in total. The maximum Gasteiger partial charge on any atom is 0.337 e. The molecule has 3 rings (SSSR count). The number of hydrogen-bond acceptors (Lipinski definition) is 3. The molecule has 1 aliphatic heterocycles. The highest BCUT2D eigenvalue weighted by Crippen LogP contribution is 2.22. The van der Waals surface area contributed by atoms with Crippen LogP contribution in [0.5, 0.6) is 0 Å². The summed E-state index contributed by atoms with van der Waals surface area (Å²) < 4.78 is 4.66. The first-order chi connectivity index (χ1) is 11.2. The number of ether oxygens (including phenoxy) is 1. The van der Waals surface area contributed by atoms with Gasteiger partial charge in [0.05, 0.1) is 12.7 Å². The SMILES string of the molecule is COC(=O)c1ccc(/C=C2/C=C(c3ccccc3)NC2=O)cc1. The Balaban J connectivity index is 1.86. The van der Waals surface area contributed by atoms with Crippen molar-refractivity contribution in [2.75, 3.05) is 7.11 Å². The van der Waals surface area contributed by atoms with Crippen molar-refractivity contribution in [2.45, 2.75) is 0 Å². The Hall–Kier alpha value is -3.14. The third-order valence-electron chi connectivity index (χ3n) is 3.55. The van der Waals surface area contributed by atoms with Crippen LogP contribution in [0.25, 0.3) is 11.8 Å². The number of rotatable bonds is 3. The standard InChI is InChI=1S/C19H15NO3/c1-23-19(22)15-9-7-13(8-10-15)11-16-12-17(20-18(16)21)14-5-3-2-4-6-14/h2-12H,1H3,(H,20,21)/b16-11-. The fraction of sp³-hybridized carbons (Fsp3) is 0.0526. The molecule has 1 heterocycles. The van der Waals surface area contributed by atoms with Gasteiger partial charge in [0, 0.05) is 11.3 Å². The topological polar surface area (TPSA) is 55.4 Å². The molecule has 0 spiro atoms. The number of hydrogen-bond donors (Lipinski definition) is 1. The zero-order valence-electron chi connectivity index (χ0n) is 12.6. The molecule has 1 amide bonds. The maximum atomic E-state index is 12.1. The van der Waals surface area contributed by atoms with Gasteiger partial charge < -0.3 is 10.1 Å². The van der Waals surface area contributed by atoms with E-state index < -0.39 is 0 Å². The summed E-state index contributed by atoms with van der Waals surface area (Å²) in [6.07, 6.45) is 3.61. The minimum atomic E-state index is -0.380. The maximum absolute atomic E-state index is 12.1. The van der Waals surface area contributed by atoms with E-state index in [4.69, 9.17) is 0 Å². The van der Waals surface area contributed by atoms with Crippen LogP contribution < -0.4 is 5.32 Å². The summed E-state index contributed by atoms with van der Waals surface area (Å²) in [4.78, 5) is 23.5. The first-order valence-corrected chi connectivity index (χ1v) is 7.16. The fourth-order valence-electron chi connectivity index (χ4n) is 2.34. The van der Waals surface area contributed by atoms with Crippen LogP contribution in [0.1, 0.15) is 21.5 Å². The van der Waals surface area contributed by atoms with E-state index >= 15 is 0 Å². The molecule has 0 saturated carbocycles. The van der Waals surface area contributed by atoms with Gasteiger partial charge in [-0.15, -0.1) is 0 Å². The molecule has 1 aliphatic rings. The largest absolute Gasteiger partial charge is 0.465 e. The van der Waals surface area contributed by atoms with Gasteiger partial charge in [0.1, 0.15) is 0 Å². The lowest BCUT2D eigenvalue weighted by Crippen LogP contribution is -2.15. The van der Waals surface area contributed by atoms with Crippen LogP contribution >= 0.6 is 0 Å². The number of benzene rings is 2. The number of esters is 1. The average molecular weight is 305 g/mol. The van der Waals surface area contributed by atoms with Crippen molar-refractivity contribution >= 4 is 23.6 Å². The summed E-state index contributed by atoms with van der Waals surface area (Å²) in [6, 6.07) is 16.6. The second kappa shape index (κ2) is 6.32. The number of carbonyl (C=O) groups excluding carboxylic acids is 2. The van der Waals surface area contributed by atoms with Crippen LogP contribution in [0.2, 0.25) is 0 Å². The van der Waals surface area contributed by atoms with E-state index in [0.717, 1.165) is 16.8 Å². The summed E-state index contributed by atoms with van der Waals surface area (Å²) in [5.74, 6) is -0.519. The molecule has 4 heteroatoms. The van der Waals surface area contributed by atoms with Crippen molar-refractivity contribution < 1.29 is 14.3 Å². The molecule has 1 N–H and O–H groups in total. The van der Waals surface area contributed by atoms with Crippen LogP contribution in [-0.4, -0.2) is 19.0 Å². The summed E-state index contributed by atoms with van der Waals surface area (Å²) in [6.45, 7) is 0. The lowest BCUT2D eigenvalue weighted by Gasteiger charge is -2.01. The summed E-state index contributed by atoms with van der Waals surface area (Å²) >= 11 is 0. The Morgan fingerprint density at radius 3 is 2.39 bits per heavy atom. The molecule has 2 aromatic rings. The predicted molar refractivity (Wildman–Crippen MR) is 88.3 cm³/mol. The third kappa shape index (κ3) is 3.21. The molecule has 0 atom stereocenters. The monoisotopic (exact) mass is 305 g/mol. The lowest BCUT2D eigenvalue weighted by molar-refractivity contribution is -0.115. The Morgan fingerprint density at radius 2 is 1.74 bits per heavy atom. The van der Waals surface area contributed by atoms with Crippen LogP contribution in [-0.2, 0) is 9.53 Å². The average Bonchev–Trinajstić information content (AvgIpc) is 2.96. The summed E-state index contributed by atoms with van der Waals surface area (Å²) in [5, 5.41) is 2.86. The van der Waals surface area contributed by atoms with Crippen LogP contribution in [0.3, 0.4) is 0 Å². The van der Waals surface area contributed by atoms with E-state index in [1.54, 1.807) is 30.3 Å². The van der Waals surface area contributed by atoms with Gasteiger partial charge in [0.2, 0.25) is 0 Å². The number of amides is 1. The summed E-state index contributed by atoms with van der Waals surface area (Å²) in [7, 11) is 1.34. The second-order valence-corrected chi connectivity index (χ2v) is 5.09. The van der Waals surface area contributed by atoms with E-state index in [2.05, 4.69) is 10.1 Å². The predicted octanol–water partition coefficient (Wildman–Crippen LogP) is 3.03. The van der Waals surface area contributed by atoms with Crippen molar-refractivity contribution in [3.63, 3.8) is 0 Å². The Kier molecular flexibility index (Phi) is 4.06. The van der Waals surface area contributed by atoms with E-state index in [1.165, 1.54) is 7.11 Å².